The minimum atomic E-state index is -0.549. The van der Waals surface area contributed by atoms with Gasteiger partial charge in [-0.3, -0.25) is 9.78 Å². The minimum Gasteiger partial charge on any atom is -0.320 e. The monoisotopic (exact) mass is 285 g/mol. The van der Waals surface area contributed by atoms with Crippen LogP contribution in [0.1, 0.15) is 10.4 Å². The zero-order valence-electron chi connectivity index (χ0n) is 8.82. The Morgan fingerprint density at radius 3 is 2.72 bits per heavy atom. The van der Waals surface area contributed by atoms with Crippen LogP contribution in [-0.2, 0) is 0 Å². The third-order valence-electron chi connectivity index (χ3n) is 2.03. The molecular formula is C11H6Cl2FN3O. The Morgan fingerprint density at radius 1 is 1.22 bits per heavy atom. The zero-order valence-corrected chi connectivity index (χ0v) is 10.3. The highest BCUT2D eigenvalue weighted by Gasteiger charge is 2.12. The van der Waals surface area contributed by atoms with Crippen molar-refractivity contribution in [3.8, 4) is 0 Å². The predicted octanol–water partition coefficient (Wildman–Crippen LogP) is 3.17. The quantitative estimate of drug-likeness (QED) is 0.863. The molecule has 4 nitrogen and oxygen atoms in total. The Hall–Kier alpha value is -1.72. The summed E-state index contributed by atoms with van der Waals surface area (Å²) in [6, 6.07) is 2.47. The molecule has 0 saturated carbocycles. The summed E-state index contributed by atoms with van der Waals surface area (Å²) in [6.45, 7) is 0. The van der Waals surface area contributed by atoms with Crippen LogP contribution in [-0.4, -0.2) is 15.9 Å². The molecule has 0 aromatic carbocycles. The van der Waals surface area contributed by atoms with E-state index < -0.39 is 11.7 Å². The lowest BCUT2D eigenvalue weighted by atomic mass is 10.2. The predicted molar refractivity (Wildman–Crippen MR) is 66.4 cm³/mol. The van der Waals surface area contributed by atoms with Crippen molar-refractivity contribution in [3.63, 3.8) is 0 Å². The van der Waals surface area contributed by atoms with Gasteiger partial charge in [-0.15, -0.1) is 0 Å². The molecule has 18 heavy (non-hydrogen) atoms. The molecule has 0 aliphatic heterocycles. The smallest absolute Gasteiger partial charge is 0.257 e. The first-order chi connectivity index (χ1) is 8.56. The van der Waals surface area contributed by atoms with Crippen LogP contribution in [0.25, 0.3) is 0 Å². The number of anilines is 1. The Balaban J connectivity index is 2.24. The van der Waals surface area contributed by atoms with Crippen LogP contribution in [0.2, 0.25) is 10.2 Å². The highest BCUT2D eigenvalue weighted by molar-refractivity contribution is 6.35. The normalized spacial score (nSPS) is 10.2. The van der Waals surface area contributed by atoms with Crippen LogP contribution in [0, 0.1) is 5.82 Å². The first kappa shape index (κ1) is 12.7. The molecule has 0 saturated heterocycles. The van der Waals surface area contributed by atoms with E-state index in [4.69, 9.17) is 23.2 Å². The highest BCUT2D eigenvalue weighted by atomic mass is 35.5. The Kier molecular flexibility index (Phi) is 3.74. The number of rotatable bonds is 2. The van der Waals surface area contributed by atoms with Crippen molar-refractivity contribution in [2.75, 3.05) is 5.32 Å². The van der Waals surface area contributed by atoms with Crippen molar-refractivity contribution in [1.82, 2.24) is 9.97 Å². The van der Waals surface area contributed by atoms with Gasteiger partial charge in [0, 0.05) is 12.3 Å². The number of hydrogen-bond acceptors (Lipinski definition) is 3. The summed E-state index contributed by atoms with van der Waals surface area (Å²) in [5.74, 6) is -1.07. The van der Waals surface area contributed by atoms with Crippen LogP contribution in [0.3, 0.4) is 0 Å². The van der Waals surface area contributed by atoms with E-state index in [1.54, 1.807) is 0 Å². The summed E-state index contributed by atoms with van der Waals surface area (Å²) in [4.78, 5) is 19.2. The summed E-state index contributed by atoms with van der Waals surface area (Å²) in [6.07, 6.45) is 3.62. The molecule has 0 radical (unpaired) electrons. The van der Waals surface area contributed by atoms with E-state index in [1.807, 2.05) is 0 Å². The van der Waals surface area contributed by atoms with Gasteiger partial charge in [-0.05, 0) is 6.07 Å². The molecule has 0 aliphatic carbocycles. The lowest BCUT2D eigenvalue weighted by molar-refractivity contribution is 0.102. The average molecular weight is 286 g/mol. The maximum absolute atomic E-state index is 12.9. The van der Waals surface area contributed by atoms with Crippen LogP contribution >= 0.6 is 23.2 Å². The van der Waals surface area contributed by atoms with E-state index in [9.17, 15) is 9.18 Å². The van der Waals surface area contributed by atoms with Crippen LogP contribution < -0.4 is 5.32 Å². The number of halogens is 3. The molecule has 1 amide bonds. The van der Waals surface area contributed by atoms with Gasteiger partial charge < -0.3 is 5.32 Å². The van der Waals surface area contributed by atoms with E-state index in [2.05, 4.69) is 15.3 Å². The van der Waals surface area contributed by atoms with E-state index in [0.29, 0.717) is 0 Å². The molecule has 1 N–H and O–H groups in total. The van der Waals surface area contributed by atoms with E-state index in [1.165, 1.54) is 18.5 Å². The molecule has 2 rings (SSSR count). The van der Waals surface area contributed by atoms with Crippen molar-refractivity contribution in [1.29, 1.82) is 0 Å². The molecule has 2 aromatic heterocycles. The maximum Gasteiger partial charge on any atom is 0.257 e. The maximum atomic E-state index is 12.9. The van der Waals surface area contributed by atoms with Gasteiger partial charge in [0.05, 0.1) is 28.7 Å². The van der Waals surface area contributed by atoms with Crippen molar-refractivity contribution < 1.29 is 9.18 Å². The number of nitrogens with one attached hydrogen (secondary N) is 1. The number of carbonyl (C=O) groups is 1. The lowest BCUT2D eigenvalue weighted by Crippen LogP contribution is -2.13. The molecule has 0 aliphatic rings. The number of pyridine rings is 2. The second kappa shape index (κ2) is 5.29. The summed E-state index contributed by atoms with van der Waals surface area (Å²) in [5, 5.41) is 2.75. The van der Waals surface area contributed by atoms with Gasteiger partial charge >= 0.3 is 0 Å². The first-order valence-electron chi connectivity index (χ1n) is 4.79. The SMILES string of the molecule is O=C(Nc1cncc(F)c1)c1cc(Cl)ncc1Cl. The van der Waals surface area contributed by atoms with Gasteiger partial charge in [-0.1, -0.05) is 23.2 Å². The zero-order chi connectivity index (χ0) is 13.1. The first-order valence-corrected chi connectivity index (χ1v) is 5.55. The molecule has 0 fully saturated rings. The second-order valence-electron chi connectivity index (χ2n) is 3.33. The lowest BCUT2D eigenvalue weighted by Gasteiger charge is -2.06. The minimum absolute atomic E-state index is 0.141. The second-order valence-corrected chi connectivity index (χ2v) is 4.13. The summed E-state index contributed by atoms with van der Waals surface area (Å²) in [7, 11) is 0. The van der Waals surface area contributed by atoms with Crippen molar-refractivity contribution in [2.45, 2.75) is 0 Å². The third kappa shape index (κ3) is 2.94. The topological polar surface area (TPSA) is 54.9 Å². The standard InChI is InChI=1S/C11H6Cl2FN3O/c12-9-5-16-10(13)2-8(9)11(18)17-7-1-6(14)3-15-4-7/h1-5H,(H,17,18). The molecule has 7 heteroatoms. The third-order valence-corrected chi connectivity index (χ3v) is 2.54. The molecular weight excluding hydrogens is 280 g/mol. The fourth-order valence-electron chi connectivity index (χ4n) is 1.27. The van der Waals surface area contributed by atoms with Crippen molar-refractivity contribution >= 4 is 34.8 Å². The molecule has 0 bridgehead atoms. The number of carbonyl (C=O) groups excluding carboxylic acids is 1. The van der Waals surface area contributed by atoms with E-state index >= 15 is 0 Å². The molecule has 0 atom stereocenters. The average Bonchev–Trinajstić information content (AvgIpc) is 2.32. The fraction of sp³-hybridized carbons (Fsp3) is 0. The summed E-state index contributed by atoms with van der Waals surface area (Å²) < 4.78 is 12.9. The van der Waals surface area contributed by atoms with Crippen LogP contribution in [0.5, 0.6) is 0 Å². The fourth-order valence-corrected chi connectivity index (χ4v) is 1.61. The highest BCUT2D eigenvalue weighted by Crippen LogP contribution is 2.19. The van der Waals surface area contributed by atoms with E-state index in [-0.39, 0.29) is 21.4 Å². The molecule has 2 aromatic rings. The van der Waals surface area contributed by atoms with Crippen molar-refractivity contribution in [3.05, 3.63) is 52.3 Å². The van der Waals surface area contributed by atoms with Gasteiger partial charge in [0.15, 0.2) is 0 Å². The largest absolute Gasteiger partial charge is 0.320 e. The number of aromatic nitrogens is 2. The Labute approximate surface area is 112 Å². The number of hydrogen-bond donors (Lipinski definition) is 1. The number of amides is 1. The Morgan fingerprint density at radius 2 is 2.00 bits per heavy atom. The number of nitrogens with zero attached hydrogens (tertiary/aromatic N) is 2. The van der Waals surface area contributed by atoms with Gasteiger partial charge in [-0.2, -0.15) is 0 Å². The molecule has 0 unspecified atom stereocenters. The molecule has 0 spiro atoms. The Bertz CT molecular complexity index is 607. The van der Waals surface area contributed by atoms with Gasteiger partial charge in [0.1, 0.15) is 11.0 Å². The van der Waals surface area contributed by atoms with Gasteiger partial charge in [-0.25, -0.2) is 9.37 Å². The van der Waals surface area contributed by atoms with Gasteiger partial charge in [0.25, 0.3) is 5.91 Å². The van der Waals surface area contributed by atoms with Crippen LogP contribution in [0.15, 0.2) is 30.7 Å². The summed E-state index contributed by atoms with van der Waals surface area (Å²) in [5.41, 5.74) is 0.380. The van der Waals surface area contributed by atoms with Crippen LogP contribution in [0.4, 0.5) is 10.1 Å². The van der Waals surface area contributed by atoms with E-state index in [0.717, 1.165) is 12.3 Å². The van der Waals surface area contributed by atoms with Gasteiger partial charge in [0.2, 0.25) is 0 Å². The van der Waals surface area contributed by atoms with Crippen molar-refractivity contribution in [2.24, 2.45) is 0 Å². The molecule has 2 heterocycles. The summed E-state index contributed by atoms with van der Waals surface area (Å²) >= 11 is 11.5. The molecule has 92 valence electrons.